The molecular formula is C18H22N6O2. The van der Waals surface area contributed by atoms with Gasteiger partial charge in [-0.3, -0.25) is 5.32 Å². The molecule has 2 aromatic heterocycles. The Kier molecular flexibility index (Phi) is 4.32. The van der Waals surface area contributed by atoms with E-state index in [1.165, 1.54) is 0 Å². The lowest BCUT2D eigenvalue weighted by atomic mass is 9.97. The second-order valence-electron chi connectivity index (χ2n) is 6.89. The number of benzene rings is 1. The van der Waals surface area contributed by atoms with E-state index >= 15 is 0 Å². The Balaban J connectivity index is 1.35. The molecule has 0 radical (unpaired) electrons. The average Bonchev–Trinajstić information content (AvgIpc) is 3.28. The maximum Gasteiger partial charge on any atom is 0.323 e. The van der Waals surface area contributed by atoms with Crippen LogP contribution in [0.1, 0.15) is 44.5 Å². The summed E-state index contributed by atoms with van der Waals surface area (Å²) < 4.78 is 7.59. The van der Waals surface area contributed by atoms with E-state index < -0.39 is 0 Å². The number of anilines is 1. The SMILES string of the molecule is CC(C)n1cc(NC(=O)N2CCC(c3nc4ccccc4o3)CC2)nn1. The van der Waals surface area contributed by atoms with Crippen molar-refractivity contribution in [3.63, 3.8) is 0 Å². The first-order valence-electron chi connectivity index (χ1n) is 8.93. The molecule has 26 heavy (non-hydrogen) atoms. The van der Waals surface area contributed by atoms with Gasteiger partial charge in [0.05, 0.1) is 6.20 Å². The van der Waals surface area contributed by atoms with Crippen molar-refractivity contribution < 1.29 is 9.21 Å². The van der Waals surface area contributed by atoms with Crippen molar-refractivity contribution in [2.45, 2.75) is 38.6 Å². The Labute approximate surface area is 151 Å². The second kappa shape index (κ2) is 6.78. The highest BCUT2D eigenvalue weighted by Crippen LogP contribution is 2.30. The van der Waals surface area contributed by atoms with Crippen molar-refractivity contribution in [3.8, 4) is 0 Å². The number of para-hydroxylation sites is 2. The van der Waals surface area contributed by atoms with Crippen LogP contribution >= 0.6 is 0 Å². The Morgan fingerprint density at radius 1 is 1.27 bits per heavy atom. The fourth-order valence-corrected chi connectivity index (χ4v) is 3.17. The molecule has 136 valence electrons. The lowest BCUT2D eigenvalue weighted by molar-refractivity contribution is 0.190. The van der Waals surface area contributed by atoms with Gasteiger partial charge in [0.2, 0.25) is 0 Å². The lowest BCUT2D eigenvalue weighted by Crippen LogP contribution is -2.40. The van der Waals surface area contributed by atoms with Crippen molar-refractivity contribution in [3.05, 3.63) is 36.4 Å². The number of oxazole rings is 1. The number of likely N-dealkylation sites (tertiary alicyclic amines) is 1. The fourth-order valence-electron chi connectivity index (χ4n) is 3.17. The zero-order valence-electron chi connectivity index (χ0n) is 14.9. The zero-order chi connectivity index (χ0) is 18.1. The minimum atomic E-state index is -0.142. The van der Waals surface area contributed by atoms with Crippen molar-refractivity contribution in [2.75, 3.05) is 18.4 Å². The summed E-state index contributed by atoms with van der Waals surface area (Å²) in [5.74, 6) is 1.49. The smallest absolute Gasteiger partial charge is 0.323 e. The van der Waals surface area contributed by atoms with E-state index in [1.807, 2.05) is 38.1 Å². The summed E-state index contributed by atoms with van der Waals surface area (Å²) in [7, 11) is 0. The molecule has 2 amide bonds. The largest absolute Gasteiger partial charge is 0.440 e. The highest BCUT2D eigenvalue weighted by atomic mass is 16.3. The molecule has 4 rings (SSSR count). The second-order valence-corrected chi connectivity index (χ2v) is 6.89. The van der Waals surface area contributed by atoms with Crippen LogP contribution in [0.2, 0.25) is 0 Å². The first-order chi connectivity index (χ1) is 12.6. The monoisotopic (exact) mass is 354 g/mol. The number of nitrogens with zero attached hydrogens (tertiary/aromatic N) is 5. The van der Waals surface area contributed by atoms with E-state index in [2.05, 4.69) is 20.6 Å². The van der Waals surface area contributed by atoms with Crippen LogP contribution in [-0.4, -0.2) is 44.0 Å². The number of carbonyl (C=O) groups excluding carboxylic acids is 1. The normalized spacial score (nSPS) is 15.7. The predicted molar refractivity (Wildman–Crippen MR) is 97.0 cm³/mol. The Morgan fingerprint density at radius 3 is 2.73 bits per heavy atom. The summed E-state index contributed by atoms with van der Waals surface area (Å²) in [4.78, 5) is 18.8. The van der Waals surface area contributed by atoms with Crippen molar-refractivity contribution in [2.24, 2.45) is 0 Å². The number of urea groups is 1. The zero-order valence-corrected chi connectivity index (χ0v) is 14.9. The van der Waals surface area contributed by atoms with Crippen molar-refractivity contribution >= 4 is 22.9 Å². The van der Waals surface area contributed by atoms with E-state index in [-0.39, 0.29) is 18.0 Å². The molecule has 1 N–H and O–H groups in total. The highest BCUT2D eigenvalue weighted by molar-refractivity contribution is 5.88. The number of piperidine rings is 1. The van der Waals surface area contributed by atoms with Crippen LogP contribution in [0.15, 0.2) is 34.9 Å². The van der Waals surface area contributed by atoms with E-state index in [9.17, 15) is 4.79 Å². The number of carbonyl (C=O) groups is 1. The third kappa shape index (κ3) is 3.26. The third-order valence-corrected chi connectivity index (χ3v) is 4.72. The molecule has 0 aliphatic carbocycles. The van der Waals surface area contributed by atoms with Crippen molar-refractivity contribution in [1.82, 2.24) is 24.9 Å². The number of hydrogen-bond donors (Lipinski definition) is 1. The number of fused-ring (bicyclic) bond motifs is 1. The minimum absolute atomic E-state index is 0.142. The molecule has 0 unspecified atom stereocenters. The van der Waals surface area contributed by atoms with Crippen molar-refractivity contribution in [1.29, 1.82) is 0 Å². The molecule has 0 saturated carbocycles. The molecule has 8 heteroatoms. The van der Waals surface area contributed by atoms with Gasteiger partial charge in [-0.05, 0) is 38.8 Å². The first kappa shape index (κ1) is 16.6. The van der Waals surface area contributed by atoms with Gasteiger partial charge in [-0.2, -0.15) is 0 Å². The molecule has 3 heterocycles. The quantitative estimate of drug-likeness (QED) is 0.778. The summed E-state index contributed by atoms with van der Waals surface area (Å²) in [6.45, 7) is 5.34. The standard InChI is InChI=1S/C18H22N6O2/c1-12(2)24-11-16(21-22-24)20-18(25)23-9-7-13(8-10-23)17-19-14-5-3-4-6-15(14)26-17/h3-6,11-13H,7-10H2,1-2H3,(H,20,25). The molecule has 1 fully saturated rings. The summed E-state index contributed by atoms with van der Waals surface area (Å²) in [6.07, 6.45) is 3.41. The summed E-state index contributed by atoms with van der Waals surface area (Å²) in [5, 5.41) is 10.8. The number of nitrogens with one attached hydrogen (secondary N) is 1. The molecule has 8 nitrogen and oxygen atoms in total. The van der Waals surface area contributed by atoms with Crippen LogP contribution in [0.4, 0.5) is 10.6 Å². The molecule has 3 aromatic rings. The molecule has 0 bridgehead atoms. The van der Waals surface area contributed by atoms with E-state index in [1.54, 1.807) is 15.8 Å². The van der Waals surface area contributed by atoms with Crippen LogP contribution in [0.25, 0.3) is 11.1 Å². The molecule has 1 aliphatic rings. The summed E-state index contributed by atoms with van der Waals surface area (Å²) in [5.41, 5.74) is 1.70. The van der Waals surface area contributed by atoms with Crippen LogP contribution in [-0.2, 0) is 0 Å². The van der Waals surface area contributed by atoms with E-state index in [0.29, 0.717) is 18.9 Å². The van der Waals surface area contributed by atoms with Gasteiger partial charge in [0.15, 0.2) is 17.3 Å². The number of amides is 2. The maximum absolute atomic E-state index is 12.4. The van der Waals surface area contributed by atoms with Crippen LogP contribution < -0.4 is 5.32 Å². The Bertz CT molecular complexity index is 874. The van der Waals surface area contributed by atoms with Gasteiger partial charge in [-0.1, -0.05) is 17.3 Å². The number of hydrogen-bond acceptors (Lipinski definition) is 5. The maximum atomic E-state index is 12.4. The van der Waals surface area contributed by atoms with Crippen LogP contribution in [0.5, 0.6) is 0 Å². The van der Waals surface area contributed by atoms with Crippen LogP contribution in [0.3, 0.4) is 0 Å². The van der Waals surface area contributed by atoms with Gasteiger partial charge in [0.25, 0.3) is 0 Å². The molecule has 1 aromatic carbocycles. The predicted octanol–water partition coefficient (Wildman–Crippen LogP) is 3.41. The summed E-state index contributed by atoms with van der Waals surface area (Å²) >= 11 is 0. The van der Waals surface area contributed by atoms with Gasteiger partial charge in [-0.15, -0.1) is 5.10 Å². The number of aromatic nitrogens is 4. The topological polar surface area (TPSA) is 89.1 Å². The Hall–Kier alpha value is -2.90. The van der Waals surface area contributed by atoms with E-state index in [0.717, 1.165) is 29.8 Å². The first-order valence-corrected chi connectivity index (χ1v) is 8.93. The van der Waals surface area contributed by atoms with Gasteiger partial charge >= 0.3 is 6.03 Å². The molecular weight excluding hydrogens is 332 g/mol. The molecule has 1 saturated heterocycles. The lowest BCUT2D eigenvalue weighted by Gasteiger charge is -2.30. The Morgan fingerprint density at radius 2 is 2.04 bits per heavy atom. The van der Waals surface area contributed by atoms with Gasteiger partial charge in [-0.25, -0.2) is 14.5 Å². The third-order valence-electron chi connectivity index (χ3n) is 4.72. The van der Waals surface area contributed by atoms with Gasteiger partial charge in [0, 0.05) is 25.0 Å². The highest BCUT2D eigenvalue weighted by Gasteiger charge is 2.27. The minimum Gasteiger partial charge on any atom is -0.440 e. The van der Waals surface area contributed by atoms with E-state index in [4.69, 9.17) is 4.42 Å². The molecule has 1 aliphatic heterocycles. The molecule has 0 atom stereocenters. The number of rotatable bonds is 3. The fraction of sp³-hybridized carbons (Fsp3) is 0.444. The van der Waals surface area contributed by atoms with Gasteiger partial charge < -0.3 is 9.32 Å². The van der Waals surface area contributed by atoms with Gasteiger partial charge in [0.1, 0.15) is 5.52 Å². The molecule has 0 spiro atoms. The summed E-state index contributed by atoms with van der Waals surface area (Å²) in [6, 6.07) is 7.85. The average molecular weight is 354 g/mol. The van der Waals surface area contributed by atoms with Crippen LogP contribution in [0, 0.1) is 0 Å².